The summed E-state index contributed by atoms with van der Waals surface area (Å²) >= 11 is -2.32. The van der Waals surface area contributed by atoms with E-state index in [4.69, 9.17) is 0 Å². The lowest BCUT2D eigenvalue weighted by Gasteiger charge is -2.21. The summed E-state index contributed by atoms with van der Waals surface area (Å²) in [6.07, 6.45) is 7.32. The molecule has 0 N–H and O–H groups in total. The van der Waals surface area contributed by atoms with Gasteiger partial charge < -0.3 is 8.74 Å². The Hall–Kier alpha value is 0.0700. The summed E-state index contributed by atoms with van der Waals surface area (Å²) in [5, 5.41) is 0. The van der Waals surface area contributed by atoms with Crippen molar-refractivity contribution in [3.8, 4) is 0 Å². The molecule has 1 saturated carbocycles. The summed E-state index contributed by atoms with van der Waals surface area (Å²) in [6, 6.07) is 0. The molecule has 3 nitrogen and oxygen atoms in total. The lowest BCUT2D eigenvalue weighted by molar-refractivity contribution is 0.243. The average molecular weight is 191 g/mol. The highest BCUT2D eigenvalue weighted by atomic mass is 32.2. The van der Waals surface area contributed by atoms with Gasteiger partial charge in [-0.3, -0.25) is 0 Å². The van der Waals surface area contributed by atoms with E-state index in [1.54, 1.807) is 0 Å². The van der Waals surface area contributed by atoms with Gasteiger partial charge in [0.25, 0.3) is 0 Å². The SMILES string of the molecule is O=S([O-])OCCC1CCCCC1. The summed E-state index contributed by atoms with van der Waals surface area (Å²) in [4.78, 5) is 0. The molecule has 0 saturated heterocycles. The zero-order valence-corrected chi connectivity index (χ0v) is 7.98. The fourth-order valence-corrected chi connectivity index (χ4v) is 1.99. The molecular weight excluding hydrogens is 176 g/mol. The maximum absolute atomic E-state index is 10.0. The molecule has 1 aliphatic rings. The molecular formula is C8H15O3S-. The van der Waals surface area contributed by atoms with Crippen LogP contribution in [0.3, 0.4) is 0 Å². The molecule has 0 aliphatic heterocycles. The van der Waals surface area contributed by atoms with Gasteiger partial charge in [0.05, 0.1) is 18.0 Å². The summed E-state index contributed by atoms with van der Waals surface area (Å²) in [5.41, 5.74) is 0. The van der Waals surface area contributed by atoms with Crippen LogP contribution < -0.4 is 0 Å². The highest BCUT2D eigenvalue weighted by Crippen LogP contribution is 2.25. The van der Waals surface area contributed by atoms with E-state index in [9.17, 15) is 8.76 Å². The van der Waals surface area contributed by atoms with Crippen LogP contribution in [0.2, 0.25) is 0 Å². The van der Waals surface area contributed by atoms with Crippen molar-refractivity contribution in [3.63, 3.8) is 0 Å². The molecule has 0 radical (unpaired) electrons. The Bertz CT molecular complexity index is 143. The van der Waals surface area contributed by atoms with E-state index in [1.807, 2.05) is 0 Å². The second-order valence-corrected chi connectivity index (χ2v) is 3.96. The first-order valence-corrected chi connectivity index (χ1v) is 5.51. The molecule has 0 heterocycles. The fraction of sp³-hybridized carbons (Fsp3) is 1.00. The first kappa shape index (κ1) is 10.2. The second-order valence-electron chi connectivity index (χ2n) is 3.32. The minimum Gasteiger partial charge on any atom is -0.750 e. The van der Waals surface area contributed by atoms with Crippen molar-refractivity contribution in [2.75, 3.05) is 6.61 Å². The van der Waals surface area contributed by atoms with Gasteiger partial charge in [-0.2, -0.15) is 0 Å². The number of rotatable bonds is 4. The van der Waals surface area contributed by atoms with Gasteiger partial charge >= 0.3 is 0 Å². The molecule has 0 spiro atoms. The van der Waals surface area contributed by atoms with Crippen molar-refractivity contribution in [2.24, 2.45) is 5.92 Å². The maximum atomic E-state index is 10.0. The molecule has 4 heteroatoms. The molecule has 1 rings (SSSR count). The Labute approximate surface area is 76.0 Å². The van der Waals surface area contributed by atoms with Gasteiger partial charge in [0, 0.05) is 0 Å². The number of hydrogen-bond acceptors (Lipinski definition) is 3. The van der Waals surface area contributed by atoms with Crippen molar-refractivity contribution >= 4 is 11.4 Å². The Kier molecular flexibility index (Phi) is 4.80. The monoisotopic (exact) mass is 191 g/mol. The molecule has 0 bridgehead atoms. The van der Waals surface area contributed by atoms with E-state index in [1.165, 1.54) is 32.1 Å². The van der Waals surface area contributed by atoms with Crippen LogP contribution in [0.4, 0.5) is 0 Å². The zero-order chi connectivity index (χ0) is 8.81. The van der Waals surface area contributed by atoms with Crippen molar-refractivity contribution < 1.29 is 12.9 Å². The van der Waals surface area contributed by atoms with Gasteiger partial charge in [-0.25, -0.2) is 4.21 Å². The quantitative estimate of drug-likeness (QED) is 0.636. The van der Waals surface area contributed by atoms with Gasteiger partial charge in [-0.1, -0.05) is 32.1 Å². The summed E-state index contributed by atoms with van der Waals surface area (Å²) < 4.78 is 24.5. The van der Waals surface area contributed by atoms with Crippen LogP contribution in [0.25, 0.3) is 0 Å². The average Bonchev–Trinajstić information content (AvgIpc) is 2.05. The van der Waals surface area contributed by atoms with Crippen LogP contribution in [0.1, 0.15) is 38.5 Å². The van der Waals surface area contributed by atoms with Crippen LogP contribution in [-0.4, -0.2) is 15.4 Å². The highest BCUT2D eigenvalue weighted by Gasteiger charge is 2.12. The molecule has 1 unspecified atom stereocenters. The zero-order valence-electron chi connectivity index (χ0n) is 7.16. The van der Waals surface area contributed by atoms with Gasteiger partial charge in [0.15, 0.2) is 0 Å². The van der Waals surface area contributed by atoms with Gasteiger partial charge in [0.2, 0.25) is 0 Å². The van der Waals surface area contributed by atoms with E-state index >= 15 is 0 Å². The second kappa shape index (κ2) is 5.67. The molecule has 72 valence electrons. The van der Waals surface area contributed by atoms with Gasteiger partial charge in [-0.05, 0) is 12.3 Å². The standard InChI is InChI=1S/C8H16O3S/c9-12(10)11-7-6-8-4-2-1-3-5-8/h8H,1-7H2,(H,9,10)/p-1. The summed E-state index contributed by atoms with van der Waals surface area (Å²) in [5.74, 6) is 0.697. The maximum Gasteiger partial charge on any atom is 0.0842 e. The number of hydrogen-bond donors (Lipinski definition) is 0. The van der Waals surface area contributed by atoms with Crippen LogP contribution in [-0.2, 0) is 15.5 Å². The molecule has 1 atom stereocenters. The van der Waals surface area contributed by atoms with Crippen molar-refractivity contribution in [2.45, 2.75) is 38.5 Å². The Morgan fingerprint density at radius 1 is 1.33 bits per heavy atom. The smallest absolute Gasteiger partial charge is 0.0842 e. The topological polar surface area (TPSA) is 49.4 Å². The van der Waals surface area contributed by atoms with Gasteiger partial charge in [0.1, 0.15) is 0 Å². The van der Waals surface area contributed by atoms with Crippen LogP contribution >= 0.6 is 0 Å². The third-order valence-corrected chi connectivity index (χ3v) is 2.79. The molecule has 0 aromatic carbocycles. The fourth-order valence-electron chi connectivity index (χ4n) is 1.76. The van der Waals surface area contributed by atoms with Gasteiger partial charge in [-0.15, -0.1) is 0 Å². The van der Waals surface area contributed by atoms with E-state index in [-0.39, 0.29) is 0 Å². The lowest BCUT2D eigenvalue weighted by Crippen LogP contribution is -2.10. The van der Waals surface area contributed by atoms with Crippen molar-refractivity contribution in [1.82, 2.24) is 0 Å². The lowest BCUT2D eigenvalue weighted by atomic mass is 9.87. The van der Waals surface area contributed by atoms with Crippen LogP contribution in [0.15, 0.2) is 0 Å². The summed E-state index contributed by atoms with van der Waals surface area (Å²) in [6.45, 7) is 0.362. The minimum atomic E-state index is -2.32. The predicted octanol–water partition coefficient (Wildman–Crippen LogP) is 1.77. The van der Waals surface area contributed by atoms with E-state index in [0.717, 1.165) is 6.42 Å². The highest BCUT2D eigenvalue weighted by molar-refractivity contribution is 7.74. The third kappa shape index (κ3) is 4.18. The van der Waals surface area contributed by atoms with Crippen LogP contribution in [0, 0.1) is 5.92 Å². The molecule has 1 aliphatic carbocycles. The first-order chi connectivity index (χ1) is 5.79. The summed E-state index contributed by atoms with van der Waals surface area (Å²) in [7, 11) is 0. The predicted molar refractivity (Wildman–Crippen MR) is 46.1 cm³/mol. The third-order valence-electron chi connectivity index (χ3n) is 2.43. The molecule has 0 amide bonds. The van der Waals surface area contributed by atoms with Crippen molar-refractivity contribution in [1.29, 1.82) is 0 Å². The van der Waals surface area contributed by atoms with E-state index in [2.05, 4.69) is 4.18 Å². The molecule has 1 fully saturated rings. The Morgan fingerprint density at radius 3 is 2.58 bits per heavy atom. The molecule has 0 aromatic heterocycles. The van der Waals surface area contributed by atoms with E-state index in [0.29, 0.717) is 12.5 Å². The Balaban J connectivity index is 2.01. The minimum absolute atomic E-state index is 0.362. The van der Waals surface area contributed by atoms with Crippen LogP contribution in [0.5, 0.6) is 0 Å². The first-order valence-electron chi connectivity index (χ1n) is 4.51. The molecule has 0 aromatic rings. The Morgan fingerprint density at radius 2 is 2.00 bits per heavy atom. The van der Waals surface area contributed by atoms with Crippen molar-refractivity contribution in [3.05, 3.63) is 0 Å². The van der Waals surface area contributed by atoms with E-state index < -0.39 is 11.4 Å². The normalized spacial score (nSPS) is 22.4. The largest absolute Gasteiger partial charge is 0.750 e. The molecule has 12 heavy (non-hydrogen) atoms.